The number of piperidine rings is 1. The maximum atomic E-state index is 13.6. The molecular weight excluding hydrogens is 352 g/mol. The van der Waals surface area contributed by atoms with E-state index in [0.717, 1.165) is 43.5 Å². The third-order valence-electron chi connectivity index (χ3n) is 5.23. The normalized spacial score (nSPS) is 19.6. The van der Waals surface area contributed by atoms with E-state index in [4.69, 9.17) is 4.98 Å². The highest BCUT2D eigenvalue weighted by Crippen LogP contribution is 2.22. The van der Waals surface area contributed by atoms with Gasteiger partial charge in [-0.05, 0) is 36.8 Å². The number of aliphatic hydroxyl groups excluding tert-OH is 1. The number of hydrogen-bond acceptors (Lipinski definition) is 4. The molecule has 0 saturated carbocycles. The number of aryl methyl sites for hydroxylation is 1. The Morgan fingerprint density at radius 3 is 2.79 bits per heavy atom. The van der Waals surface area contributed by atoms with E-state index in [1.807, 2.05) is 29.2 Å². The maximum absolute atomic E-state index is 13.6. The molecule has 2 aromatic rings. The van der Waals surface area contributed by atoms with Crippen molar-refractivity contribution < 1.29 is 9.90 Å². The number of rotatable bonds is 7. The molecule has 0 spiro atoms. The minimum atomic E-state index is -0.00117. The van der Waals surface area contributed by atoms with Crippen LogP contribution in [-0.4, -0.2) is 57.7 Å². The summed E-state index contributed by atoms with van der Waals surface area (Å²) in [4.78, 5) is 20.3. The number of aromatic nitrogens is 2. The van der Waals surface area contributed by atoms with Gasteiger partial charge in [0, 0.05) is 38.8 Å². The second kappa shape index (κ2) is 10.0. The summed E-state index contributed by atoms with van der Waals surface area (Å²) in [5, 5.41) is 13.0. The van der Waals surface area contributed by atoms with Crippen LogP contribution in [0.25, 0.3) is 11.0 Å². The Morgan fingerprint density at radius 1 is 1.36 bits per heavy atom. The molecule has 0 aliphatic carbocycles. The standard InChI is InChI=1S/C21H32N4O2.CH4/c1-4-9-24-19-8-6-5-7-18(19)23-20(24)21(27)25(13-15(2)3)17-10-16(14-26)11-22-12-17;/h5-8,15-17,22,26H,4,9-14H2,1-3H3;1H4/t16-,17+;/m1./s1. The van der Waals surface area contributed by atoms with Crippen molar-refractivity contribution in [2.24, 2.45) is 11.8 Å². The fourth-order valence-corrected chi connectivity index (χ4v) is 3.99. The van der Waals surface area contributed by atoms with Crippen molar-refractivity contribution >= 4 is 16.9 Å². The summed E-state index contributed by atoms with van der Waals surface area (Å²) >= 11 is 0. The third-order valence-corrected chi connectivity index (χ3v) is 5.23. The molecule has 0 unspecified atom stereocenters. The monoisotopic (exact) mass is 388 g/mol. The molecule has 0 bridgehead atoms. The average molecular weight is 389 g/mol. The van der Waals surface area contributed by atoms with Gasteiger partial charge in [0.15, 0.2) is 5.82 Å². The first-order valence-electron chi connectivity index (χ1n) is 10.1. The summed E-state index contributed by atoms with van der Waals surface area (Å²) in [5.41, 5.74) is 1.89. The Kier molecular flexibility index (Phi) is 8.01. The zero-order valence-electron chi connectivity index (χ0n) is 16.7. The van der Waals surface area contributed by atoms with Crippen LogP contribution in [0.5, 0.6) is 0 Å². The zero-order chi connectivity index (χ0) is 19.4. The molecule has 0 radical (unpaired) electrons. The fourth-order valence-electron chi connectivity index (χ4n) is 3.99. The van der Waals surface area contributed by atoms with E-state index in [9.17, 15) is 9.90 Å². The minimum Gasteiger partial charge on any atom is -0.396 e. The highest BCUT2D eigenvalue weighted by atomic mass is 16.3. The number of aliphatic hydroxyl groups is 1. The van der Waals surface area contributed by atoms with Gasteiger partial charge >= 0.3 is 0 Å². The first-order chi connectivity index (χ1) is 13.0. The van der Waals surface area contributed by atoms with Crippen LogP contribution in [-0.2, 0) is 6.54 Å². The van der Waals surface area contributed by atoms with Crippen LogP contribution in [0, 0.1) is 11.8 Å². The predicted molar refractivity (Wildman–Crippen MR) is 114 cm³/mol. The smallest absolute Gasteiger partial charge is 0.290 e. The van der Waals surface area contributed by atoms with E-state index < -0.39 is 0 Å². The van der Waals surface area contributed by atoms with Crippen molar-refractivity contribution in [3.63, 3.8) is 0 Å². The summed E-state index contributed by atoms with van der Waals surface area (Å²) in [5.74, 6) is 1.09. The van der Waals surface area contributed by atoms with Gasteiger partial charge in [0.2, 0.25) is 0 Å². The predicted octanol–water partition coefficient (Wildman–Crippen LogP) is 3.15. The lowest BCUT2D eigenvalue weighted by Crippen LogP contribution is -2.53. The van der Waals surface area contributed by atoms with Gasteiger partial charge in [-0.3, -0.25) is 4.79 Å². The molecule has 6 nitrogen and oxygen atoms in total. The Bertz CT molecular complexity index is 771. The molecule has 1 aliphatic heterocycles. The quantitative estimate of drug-likeness (QED) is 0.764. The molecule has 1 aliphatic rings. The SMILES string of the molecule is C.CCCn1c(C(=O)N(CC(C)C)[C@@H]2CNC[C@H](CO)C2)nc2ccccc21. The summed E-state index contributed by atoms with van der Waals surface area (Å²) in [7, 11) is 0. The summed E-state index contributed by atoms with van der Waals surface area (Å²) in [6.07, 6.45) is 1.78. The number of benzene rings is 1. The lowest BCUT2D eigenvalue weighted by Gasteiger charge is -2.38. The van der Waals surface area contributed by atoms with Crippen LogP contribution in [0.4, 0.5) is 0 Å². The third kappa shape index (κ3) is 4.73. The number of imidazole rings is 1. The van der Waals surface area contributed by atoms with Gasteiger partial charge in [-0.2, -0.15) is 0 Å². The van der Waals surface area contributed by atoms with E-state index in [-0.39, 0.29) is 31.9 Å². The van der Waals surface area contributed by atoms with Crippen LogP contribution >= 0.6 is 0 Å². The lowest BCUT2D eigenvalue weighted by atomic mass is 9.94. The molecule has 2 N–H and O–H groups in total. The molecule has 2 atom stereocenters. The van der Waals surface area contributed by atoms with Gasteiger partial charge < -0.3 is 19.9 Å². The molecule has 156 valence electrons. The van der Waals surface area contributed by atoms with Crippen LogP contribution in [0.1, 0.15) is 51.7 Å². The van der Waals surface area contributed by atoms with Crippen molar-refractivity contribution in [1.82, 2.24) is 19.8 Å². The van der Waals surface area contributed by atoms with E-state index in [0.29, 0.717) is 18.3 Å². The summed E-state index contributed by atoms with van der Waals surface area (Å²) in [6, 6.07) is 8.04. The minimum absolute atomic E-state index is 0. The van der Waals surface area contributed by atoms with Gasteiger partial charge in [-0.15, -0.1) is 0 Å². The Hall–Kier alpha value is -1.92. The van der Waals surface area contributed by atoms with Crippen molar-refractivity contribution in [3.05, 3.63) is 30.1 Å². The number of fused-ring (bicyclic) bond motifs is 1. The number of carbonyl (C=O) groups excluding carboxylic acids is 1. The van der Waals surface area contributed by atoms with Gasteiger partial charge in [0.1, 0.15) is 0 Å². The number of nitrogens with one attached hydrogen (secondary N) is 1. The van der Waals surface area contributed by atoms with Crippen LogP contribution in [0.2, 0.25) is 0 Å². The number of nitrogens with zero attached hydrogens (tertiary/aromatic N) is 3. The first kappa shape index (κ1) is 22.4. The lowest BCUT2D eigenvalue weighted by molar-refractivity contribution is 0.0537. The van der Waals surface area contributed by atoms with Crippen molar-refractivity contribution in [1.29, 1.82) is 0 Å². The second-order valence-corrected chi connectivity index (χ2v) is 8.02. The van der Waals surface area contributed by atoms with Gasteiger partial charge in [0.25, 0.3) is 5.91 Å². The number of amides is 1. The van der Waals surface area contributed by atoms with Gasteiger partial charge in [-0.25, -0.2) is 4.98 Å². The highest BCUT2D eigenvalue weighted by Gasteiger charge is 2.32. The number of carbonyl (C=O) groups is 1. The Balaban J connectivity index is 0.00000280. The highest BCUT2D eigenvalue weighted by molar-refractivity contribution is 5.95. The fraction of sp³-hybridized carbons (Fsp3) is 0.636. The Morgan fingerprint density at radius 2 is 2.11 bits per heavy atom. The van der Waals surface area contributed by atoms with Crippen LogP contribution < -0.4 is 5.32 Å². The van der Waals surface area contributed by atoms with E-state index in [2.05, 4.69) is 30.7 Å². The summed E-state index contributed by atoms with van der Waals surface area (Å²) < 4.78 is 2.06. The van der Waals surface area contributed by atoms with Gasteiger partial charge in [0.05, 0.1) is 11.0 Å². The molecule has 6 heteroatoms. The van der Waals surface area contributed by atoms with Crippen LogP contribution in [0.3, 0.4) is 0 Å². The van der Waals surface area contributed by atoms with Crippen molar-refractivity contribution in [2.75, 3.05) is 26.2 Å². The number of para-hydroxylation sites is 2. The van der Waals surface area contributed by atoms with E-state index >= 15 is 0 Å². The molecule has 2 heterocycles. The van der Waals surface area contributed by atoms with Crippen LogP contribution in [0.15, 0.2) is 24.3 Å². The molecule has 1 saturated heterocycles. The average Bonchev–Trinajstić information content (AvgIpc) is 3.04. The molecular formula is C22H36N4O2. The zero-order valence-corrected chi connectivity index (χ0v) is 16.7. The largest absolute Gasteiger partial charge is 0.396 e. The van der Waals surface area contributed by atoms with E-state index in [1.165, 1.54) is 0 Å². The maximum Gasteiger partial charge on any atom is 0.290 e. The molecule has 1 amide bonds. The second-order valence-electron chi connectivity index (χ2n) is 8.02. The van der Waals surface area contributed by atoms with E-state index in [1.54, 1.807) is 0 Å². The topological polar surface area (TPSA) is 70.4 Å². The van der Waals surface area contributed by atoms with Gasteiger partial charge in [-0.1, -0.05) is 40.3 Å². The molecule has 28 heavy (non-hydrogen) atoms. The molecule has 1 fully saturated rings. The molecule has 3 rings (SSSR count). The first-order valence-corrected chi connectivity index (χ1v) is 10.1. The summed E-state index contributed by atoms with van der Waals surface area (Å²) in [6.45, 7) is 9.59. The molecule has 1 aromatic heterocycles. The van der Waals surface area contributed by atoms with Crippen molar-refractivity contribution in [2.45, 2.75) is 53.6 Å². The molecule has 1 aromatic carbocycles. The number of hydrogen-bond donors (Lipinski definition) is 2. The van der Waals surface area contributed by atoms with Crippen molar-refractivity contribution in [3.8, 4) is 0 Å². The Labute approximate surface area is 168 Å².